The fourth-order valence-corrected chi connectivity index (χ4v) is 3.98. The lowest BCUT2D eigenvalue weighted by atomic mass is 9.95. The van der Waals surface area contributed by atoms with Crippen LogP contribution in [-0.2, 0) is 11.3 Å². The van der Waals surface area contributed by atoms with Crippen molar-refractivity contribution in [3.8, 4) is 5.69 Å². The Bertz CT molecular complexity index is 866. The summed E-state index contributed by atoms with van der Waals surface area (Å²) in [5, 5.41) is 14.3. The third-order valence-corrected chi connectivity index (χ3v) is 5.51. The van der Waals surface area contributed by atoms with Crippen molar-refractivity contribution >= 4 is 11.9 Å². The zero-order valence-electron chi connectivity index (χ0n) is 18.4. The molecule has 162 valence electrons. The van der Waals surface area contributed by atoms with Gasteiger partial charge in [0, 0.05) is 38.3 Å². The zero-order valence-corrected chi connectivity index (χ0v) is 18.4. The third kappa shape index (κ3) is 6.08. The molecule has 7 heteroatoms. The van der Waals surface area contributed by atoms with Gasteiger partial charge in [-0.2, -0.15) is 5.10 Å². The van der Waals surface area contributed by atoms with Gasteiger partial charge < -0.3 is 16.0 Å². The Labute approximate surface area is 179 Å². The summed E-state index contributed by atoms with van der Waals surface area (Å²) in [4.78, 5) is 16.5. The maximum absolute atomic E-state index is 12.2. The summed E-state index contributed by atoms with van der Waals surface area (Å²) in [6.45, 7) is 5.23. The number of aromatic nitrogens is 2. The van der Waals surface area contributed by atoms with E-state index in [-0.39, 0.29) is 5.91 Å². The molecule has 1 saturated carbocycles. The number of amides is 1. The molecule has 0 aliphatic heterocycles. The minimum atomic E-state index is 0.111. The van der Waals surface area contributed by atoms with E-state index in [0.29, 0.717) is 31.5 Å². The number of para-hydroxylation sites is 1. The molecule has 1 fully saturated rings. The summed E-state index contributed by atoms with van der Waals surface area (Å²) in [7, 11) is 1.74. The van der Waals surface area contributed by atoms with E-state index in [1.807, 2.05) is 23.7 Å². The summed E-state index contributed by atoms with van der Waals surface area (Å²) in [6.07, 6.45) is 6.39. The summed E-state index contributed by atoms with van der Waals surface area (Å²) >= 11 is 0. The van der Waals surface area contributed by atoms with Crippen molar-refractivity contribution in [2.75, 3.05) is 13.6 Å². The number of carbonyl (C=O) groups is 1. The number of nitrogens with one attached hydrogen (secondary N) is 3. The first kappa shape index (κ1) is 21.9. The third-order valence-electron chi connectivity index (χ3n) is 5.51. The maximum Gasteiger partial charge on any atom is 0.221 e. The molecule has 0 saturated heterocycles. The van der Waals surface area contributed by atoms with Gasteiger partial charge in [0.25, 0.3) is 0 Å². The fourth-order valence-electron chi connectivity index (χ4n) is 3.98. The van der Waals surface area contributed by atoms with Crippen molar-refractivity contribution in [2.45, 2.75) is 65.0 Å². The molecule has 3 rings (SSSR count). The molecule has 30 heavy (non-hydrogen) atoms. The average Bonchev–Trinajstić information content (AvgIpc) is 3.09. The number of carbonyl (C=O) groups excluding carboxylic acids is 1. The molecule has 1 aromatic heterocycles. The second-order valence-electron chi connectivity index (χ2n) is 7.97. The number of aliphatic imine (C=N–C) groups is 1. The molecule has 1 aliphatic carbocycles. The number of hydrogen-bond donors (Lipinski definition) is 3. The molecule has 0 atom stereocenters. The van der Waals surface area contributed by atoms with Crippen LogP contribution in [0.5, 0.6) is 0 Å². The van der Waals surface area contributed by atoms with Crippen LogP contribution in [0.2, 0.25) is 0 Å². The summed E-state index contributed by atoms with van der Waals surface area (Å²) in [5.74, 6) is 0.795. The average molecular weight is 411 g/mol. The molecule has 1 aliphatic rings. The summed E-state index contributed by atoms with van der Waals surface area (Å²) in [6, 6.07) is 10.6. The topological polar surface area (TPSA) is 83.3 Å². The molecule has 0 radical (unpaired) electrons. The number of aryl methyl sites for hydroxylation is 2. The monoisotopic (exact) mass is 410 g/mol. The smallest absolute Gasteiger partial charge is 0.221 e. The van der Waals surface area contributed by atoms with Gasteiger partial charge in [-0.25, -0.2) is 4.68 Å². The zero-order chi connectivity index (χ0) is 21.3. The van der Waals surface area contributed by atoms with E-state index in [2.05, 4.69) is 51.2 Å². The van der Waals surface area contributed by atoms with Crippen LogP contribution in [0.3, 0.4) is 0 Å². The second-order valence-corrected chi connectivity index (χ2v) is 7.97. The molecule has 3 N–H and O–H groups in total. The highest BCUT2D eigenvalue weighted by atomic mass is 16.1. The Kier molecular flexibility index (Phi) is 7.88. The lowest BCUT2D eigenvalue weighted by Crippen LogP contribution is -2.41. The van der Waals surface area contributed by atoms with Crippen LogP contribution in [-0.4, -0.2) is 41.3 Å². The molecule has 2 aromatic rings. The first-order valence-corrected chi connectivity index (χ1v) is 10.9. The van der Waals surface area contributed by atoms with Crippen molar-refractivity contribution in [2.24, 2.45) is 4.99 Å². The van der Waals surface area contributed by atoms with E-state index in [9.17, 15) is 4.79 Å². The van der Waals surface area contributed by atoms with Crippen LogP contribution in [0.15, 0.2) is 35.3 Å². The number of rotatable bonds is 7. The van der Waals surface area contributed by atoms with Crippen LogP contribution >= 0.6 is 0 Å². The van der Waals surface area contributed by atoms with Crippen LogP contribution < -0.4 is 16.0 Å². The molecule has 1 heterocycles. The van der Waals surface area contributed by atoms with Gasteiger partial charge in [0.05, 0.1) is 11.4 Å². The molecule has 0 unspecified atom stereocenters. The number of hydrogen-bond acceptors (Lipinski definition) is 3. The highest BCUT2D eigenvalue weighted by Crippen LogP contribution is 2.18. The van der Waals surface area contributed by atoms with Crippen LogP contribution in [0.25, 0.3) is 5.69 Å². The lowest BCUT2D eigenvalue weighted by molar-refractivity contribution is -0.121. The number of benzene rings is 1. The Hall–Kier alpha value is -2.83. The van der Waals surface area contributed by atoms with Gasteiger partial charge in [-0.15, -0.1) is 0 Å². The molecule has 1 amide bonds. The van der Waals surface area contributed by atoms with Crippen molar-refractivity contribution in [3.63, 3.8) is 0 Å². The van der Waals surface area contributed by atoms with E-state index in [4.69, 9.17) is 0 Å². The van der Waals surface area contributed by atoms with Gasteiger partial charge in [0.15, 0.2) is 5.96 Å². The SMILES string of the molecule is CN=C(NCCC(=O)NC1CCCCC1)NCc1ccccc1-n1nc(C)cc1C. The standard InChI is InChI=1S/C23H34N6O/c1-17-15-18(2)29(28-17)21-12-8-7-9-19(21)16-26-23(24-3)25-14-13-22(30)27-20-10-5-4-6-11-20/h7-9,12,15,20H,4-6,10-11,13-14,16H2,1-3H3,(H,27,30)(H2,24,25,26). The molecular weight excluding hydrogens is 376 g/mol. The minimum Gasteiger partial charge on any atom is -0.356 e. The molecule has 0 bridgehead atoms. The predicted molar refractivity (Wildman–Crippen MR) is 121 cm³/mol. The minimum absolute atomic E-state index is 0.111. The lowest BCUT2D eigenvalue weighted by Gasteiger charge is -2.22. The quantitative estimate of drug-likeness (QED) is 0.484. The Morgan fingerprint density at radius 1 is 1.17 bits per heavy atom. The highest BCUT2D eigenvalue weighted by Gasteiger charge is 2.15. The predicted octanol–water partition coefficient (Wildman–Crippen LogP) is 2.99. The van der Waals surface area contributed by atoms with Crippen LogP contribution in [0.4, 0.5) is 0 Å². The van der Waals surface area contributed by atoms with E-state index in [0.717, 1.165) is 35.5 Å². The Balaban J connectivity index is 1.49. The van der Waals surface area contributed by atoms with Crippen molar-refractivity contribution in [3.05, 3.63) is 47.3 Å². The number of guanidine groups is 1. The molecule has 7 nitrogen and oxygen atoms in total. The van der Waals surface area contributed by atoms with Gasteiger partial charge in [0.2, 0.25) is 5.91 Å². The van der Waals surface area contributed by atoms with Gasteiger partial charge in [-0.1, -0.05) is 37.5 Å². The molecule has 1 aromatic carbocycles. The van der Waals surface area contributed by atoms with Crippen molar-refractivity contribution in [1.82, 2.24) is 25.7 Å². The first-order chi connectivity index (χ1) is 14.6. The Morgan fingerprint density at radius 3 is 2.63 bits per heavy atom. The van der Waals surface area contributed by atoms with Crippen molar-refractivity contribution in [1.29, 1.82) is 0 Å². The first-order valence-electron chi connectivity index (χ1n) is 10.9. The number of nitrogens with zero attached hydrogens (tertiary/aromatic N) is 3. The van der Waals surface area contributed by atoms with Gasteiger partial charge >= 0.3 is 0 Å². The van der Waals surface area contributed by atoms with Crippen molar-refractivity contribution < 1.29 is 4.79 Å². The largest absolute Gasteiger partial charge is 0.356 e. The van der Waals surface area contributed by atoms with Gasteiger partial charge in [0.1, 0.15) is 0 Å². The van der Waals surface area contributed by atoms with E-state index in [1.165, 1.54) is 19.3 Å². The maximum atomic E-state index is 12.2. The summed E-state index contributed by atoms with van der Waals surface area (Å²) < 4.78 is 1.97. The highest BCUT2D eigenvalue weighted by molar-refractivity contribution is 5.81. The van der Waals surface area contributed by atoms with E-state index >= 15 is 0 Å². The second kappa shape index (κ2) is 10.8. The molecule has 0 spiro atoms. The molecular formula is C23H34N6O. The van der Waals surface area contributed by atoms with Crippen LogP contribution in [0.1, 0.15) is 55.5 Å². The summed E-state index contributed by atoms with van der Waals surface area (Å²) in [5.41, 5.74) is 4.28. The van der Waals surface area contributed by atoms with E-state index in [1.54, 1.807) is 7.05 Å². The normalized spacial score (nSPS) is 15.1. The van der Waals surface area contributed by atoms with Gasteiger partial charge in [-0.05, 0) is 44.4 Å². The van der Waals surface area contributed by atoms with Gasteiger partial charge in [-0.3, -0.25) is 9.79 Å². The Morgan fingerprint density at radius 2 is 1.93 bits per heavy atom. The fraction of sp³-hybridized carbons (Fsp3) is 0.522. The van der Waals surface area contributed by atoms with E-state index < -0.39 is 0 Å². The van der Waals surface area contributed by atoms with Crippen LogP contribution in [0, 0.1) is 13.8 Å².